The van der Waals surface area contributed by atoms with Gasteiger partial charge in [0.2, 0.25) is 5.91 Å². The summed E-state index contributed by atoms with van der Waals surface area (Å²) >= 11 is 1.92. The van der Waals surface area contributed by atoms with E-state index < -0.39 is 0 Å². The van der Waals surface area contributed by atoms with Crippen molar-refractivity contribution in [3.63, 3.8) is 0 Å². The largest absolute Gasteiger partial charge is 0.351 e. The summed E-state index contributed by atoms with van der Waals surface area (Å²) in [6.07, 6.45) is 3.08. The van der Waals surface area contributed by atoms with Gasteiger partial charge in [-0.15, -0.1) is 0 Å². The van der Waals surface area contributed by atoms with Crippen LogP contribution in [-0.2, 0) is 4.79 Å². The molecule has 0 aliphatic carbocycles. The molecule has 4 heteroatoms. The van der Waals surface area contributed by atoms with E-state index in [1.165, 1.54) is 12.2 Å². The zero-order valence-corrected chi connectivity index (χ0v) is 10.5. The Labute approximate surface area is 96.6 Å². The van der Waals surface area contributed by atoms with Gasteiger partial charge < -0.3 is 11.1 Å². The highest BCUT2D eigenvalue weighted by molar-refractivity contribution is 7.99. The molecular formula is C11H22N2OS. The molecule has 1 heterocycles. The van der Waals surface area contributed by atoms with E-state index in [-0.39, 0.29) is 11.9 Å². The van der Waals surface area contributed by atoms with Gasteiger partial charge >= 0.3 is 0 Å². The monoisotopic (exact) mass is 230 g/mol. The average Bonchev–Trinajstić information content (AvgIpc) is 2.18. The Bertz CT molecular complexity index is 203. The van der Waals surface area contributed by atoms with Gasteiger partial charge in [0.05, 0.1) is 6.04 Å². The first-order valence-corrected chi connectivity index (χ1v) is 6.88. The smallest absolute Gasteiger partial charge is 0.237 e. The second-order valence-corrected chi connectivity index (χ2v) is 5.81. The fraction of sp³-hybridized carbons (Fsp3) is 0.909. The molecule has 0 bridgehead atoms. The third-order valence-electron chi connectivity index (χ3n) is 2.57. The summed E-state index contributed by atoms with van der Waals surface area (Å²) in [6, 6.07) is 0.00592. The molecule has 1 saturated heterocycles. The van der Waals surface area contributed by atoms with E-state index in [0.717, 1.165) is 18.6 Å². The highest BCUT2D eigenvalue weighted by Crippen LogP contribution is 2.17. The van der Waals surface area contributed by atoms with Crippen LogP contribution in [0, 0.1) is 5.92 Å². The van der Waals surface area contributed by atoms with Crippen LogP contribution < -0.4 is 11.1 Å². The van der Waals surface area contributed by atoms with Crippen molar-refractivity contribution in [2.24, 2.45) is 11.7 Å². The molecular weight excluding hydrogens is 208 g/mol. The molecule has 0 saturated carbocycles. The molecule has 0 aromatic rings. The van der Waals surface area contributed by atoms with Crippen molar-refractivity contribution in [1.82, 2.24) is 5.32 Å². The number of thioether (sulfide) groups is 1. The van der Waals surface area contributed by atoms with Gasteiger partial charge in [0, 0.05) is 11.8 Å². The summed E-state index contributed by atoms with van der Waals surface area (Å²) in [6.45, 7) is 4.17. The van der Waals surface area contributed by atoms with Crippen molar-refractivity contribution in [3.8, 4) is 0 Å². The number of rotatable bonds is 4. The Balaban J connectivity index is 2.27. The lowest BCUT2D eigenvalue weighted by atomic mass is 10.0. The van der Waals surface area contributed by atoms with Crippen LogP contribution in [0.2, 0.25) is 0 Å². The van der Waals surface area contributed by atoms with E-state index in [1.807, 2.05) is 11.8 Å². The first-order chi connectivity index (χ1) is 7.09. The molecule has 1 aliphatic rings. The van der Waals surface area contributed by atoms with Crippen LogP contribution in [-0.4, -0.2) is 29.5 Å². The molecule has 0 aromatic carbocycles. The highest BCUT2D eigenvalue weighted by atomic mass is 32.2. The Hall–Kier alpha value is -0.220. The number of hydrogen-bond donors (Lipinski definition) is 2. The van der Waals surface area contributed by atoms with Crippen LogP contribution in [0.3, 0.4) is 0 Å². The third-order valence-corrected chi connectivity index (χ3v) is 3.78. The highest BCUT2D eigenvalue weighted by Gasteiger charge is 2.20. The predicted molar refractivity (Wildman–Crippen MR) is 65.9 cm³/mol. The van der Waals surface area contributed by atoms with E-state index in [1.54, 1.807) is 0 Å². The van der Waals surface area contributed by atoms with Crippen LogP contribution >= 0.6 is 11.8 Å². The van der Waals surface area contributed by atoms with Crippen LogP contribution in [0.4, 0.5) is 0 Å². The second-order valence-electron chi connectivity index (χ2n) is 4.66. The fourth-order valence-corrected chi connectivity index (χ4v) is 2.85. The Kier molecular flexibility index (Phi) is 5.47. The number of nitrogens with one attached hydrogen (secondary N) is 1. The fourth-order valence-electron chi connectivity index (χ4n) is 1.78. The summed E-state index contributed by atoms with van der Waals surface area (Å²) in [5.74, 6) is 2.77. The summed E-state index contributed by atoms with van der Waals surface area (Å²) < 4.78 is 0. The first-order valence-electron chi connectivity index (χ1n) is 5.73. The normalized spacial score (nSPS) is 23.9. The molecule has 1 fully saturated rings. The predicted octanol–water partition coefficient (Wildman–Crippen LogP) is 1.37. The van der Waals surface area contributed by atoms with E-state index in [4.69, 9.17) is 5.73 Å². The minimum Gasteiger partial charge on any atom is -0.351 e. The van der Waals surface area contributed by atoms with Gasteiger partial charge in [0.15, 0.2) is 0 Å². The van der Waals surface area contributed by atoms with Crippen molar-refractivity contribution in [2.75, 3.05) is 11.5 Å². The van der Waals surface area contributed by atoms with Gasteiger partial charge in [-0.3, -0.25) is 4.79 Å². The summed E-state index contributed by atoms with van der Waals surface area (Å²) in [5.41, 5.74) is 5.82. The minimum absolute atomic E-state index is 0.0243. The topological polar surface area (TPSA) is 55.1 Å². The zero-order valence-electron chi connectivity index (χ0n) is 9.66. The average molecular weight is 230 g/mol. The van der Waals surface area contributed by atoms with Gasteiger partial charge in [-0.2, -0.15) is 11.8 Å². The van der Waals surface area contributed by atoms with E-state index >= 15 is 0 Å². The standard InChI is InChI=1S/C11H22N2OS/c1-8(2)6-10(12)11(14)13-9-4-3-5-15-7-9/h8-10H,3-7,12H2,1-2H3,(H,13,14)/t9?,10-/m0/s1. The molecule has 1 rings (SSSR count). The molecule has 1 amide bonds. The lowest BCUT2D eigenvalue weighted by Gasteiger charge is -2.24. The van der Waals surface area contributed by atoms with Crippen LogP contribution in [0.25, 0.3) is 0 Å². The van der Waals surface area contributed by atoms with Crippen LogP contribution in [0.1, 0.15) is 33.1 Å². The molecule has 88 valence electrons. The molecule has 0 aromatic heterocycles. The molecule has 3 nitrogen and oxygen atoms in total. The quantitative estimate of drug-likeness (QED) is 0.767. The Morgan fingerprint density at radius 2 is 2.33 bits per heavy atom. The molecule has 3 N–H and O–H groups in total. The second kappa shape index (κ2) is 6.38. The molecule has 1 aliphatic heterocycles. The maximum absolute atomic E-state index is 11.7. The Morgan fingerprint density at radius 1 is 1.60 bits per heavy atom. The summed E-state index contributed by atoms with van der Waals surface area (Å²) in [5, 5.41) is 3.04. The SMILES string of the molecule is CC(C)C[C@H](N)C(=O)NC1CCCSC1. The van der Waals surface area contributed by atoms with Gasteiger partial charge in [-0.05, 0) is 30.9 Å². The van der Waals surface area contributed by atoms with Crippen LogP contribution in [0.5, 0.6) is 0 Å². The van der Waals surface area contributed by atoms with Gasteiger partial charge in [-0.1, -0.05) is 13.8 Å². The number of nitrogens with two attached hydrogens (primary N) is 1. The summed E-state index contributed by atoms with van der Waals surface area (Å²) in [7, 11) is 0. The van der Waals surface area contributed by atoms with Gasteiger partial charge in [0.25, 0.3) is 0 Å². The first kappa shape index (κ1) is 12.8. The van der Waals surface area contributed by atoms with E-state index in [2.05, 4.69) is 19.2 Å². The lowest BCUT2D eigenvalue weighted by Crippen LogP contribution is -2.47. The van der Waals surface area contributed by atoms with Gasteiger partial charge in [0.1, 0.15) is 0 Å². The zero-order chi connectivity index (χ0) is 11.3. The van der Waals surface area contributed by atoms with E-state index in [9.17, 15) is 4.79 Å². The Morgan fingerprint density at radius 3 is 2.87 bits per heavy atom. The van der Waals surface area contributed by atoms with Gasteiger partial charge in [-0.25, -0.2) is 0 Å². The molecule has 2 atom stereocenters. The number of carbonyl (C=O) groups is 1. The van der Waals surface area contributed by atoms with Crippen molar-refractivity contribution in [3.05, 3.63) is 0 Å². The number of amides is 1. The minimum atomic E-state index is -0.336. The maximum atomic E-state index is 11.7. The maximum Gasteiger partial charge on any atom is 0.237 e. The molecule has 0 spiro atoms. The van der Waals surface area contributed by atoms with Crippen molar-refractivity contribution >= 4 is 17.7 Å². The van der Waals surface area contributed by atoms with Crippen LogP contribution in [0.15, 0.2) is 0 Å². The lowest BCUT2D eigenvalue weighted by molar-refractivity contribution is -0.123. The van der Waals surface area contributed by atoms with E-state index in [0.29, 0.717) is 12.0 Å². The molecule has 0 radical (unpaired) electrons. The van der Waals surface area contributed by atoms with Crippen molar-refractivity contribution < 1.29 is 4.79 Å². The molecule has 15 heavy (non-hydrogen) atoms. The summed E-state index contributed by atoms with van der Waals surface area (Å²) in [4.78, 5) is 11.7. The van der Waals surface area contributed by atoms with Crippen molar-refractivity contribution in [2.45, 2.75) is 45.2 Å². The third kappa shape index (κ3) is 4.89. The molecule has 1 unspecified atom stereocenters. The number of carbonyl (C=O) groups excluding carboxylic acids is 1. The van der Waals surface area contributed by atoms with Crippen molar-refractivity contribution in [1.29, 1.82) is 0 Å². The number of hydrogen-bond acceptors (Lipinski definition) is 3.